The third kappa shape index (κ3) is 3.83. The summed E-state index contributed by atoms with van der Waals surface area (Å²) in [4.78, 5) is 33.4. The maximum Gasteiger partial charge on any atom is 0.278 e. The van der Waals surface area contributed by atoms with Crippen molar-refractivity contribution in [2.75, 3.05) is 5.75 Å². The zero-order valence-electron chi connectivity index (χ0n) is 17.0. The maximum atomic E-state index is 13.0. The molecule has 0 bridgehead atoms. The first-order valence-electron chi connectivity index (χ1n) is 10.1. The number of aromatic nitrogens is 3. The van der Waals surface area contributed by atoms with Gasteiger partial charge in [-0.15, -0.1) is 0 Å². The first-order valence-corrected chi connectivity index (χ1v) is 11.1. The van der Waals surface area contributed by atoms with Gasteiger partial charge >= 0.3 is 0 Å². The first-order chi connectivity index (χ1) is 14.0. The van der Waals surface area contributed by atoms with Gasteiger partial charge in [0.05, 0.1) is 17.3 Å². The molecule has 152 valence electrons. The van der Waals surface area contributed by atoms with Gasteiger partial charge in [0.2, 0.25) is 5.91 Å². The second kappa shape index (κ2) is 8.06. The Labute approximate surface area is 174 Å². The van der Waals surface area contributed by atoms with Gasteiger partial charge in [-0.05, 0) is 50.3 Å². The molecule has 1 aromatic carbocycles. The zero-order valence-corrected chi connectivity index (χ0v) is 17.8. The summed E-state index contributed by atoms with van der Waals surface area (Å²) in [6.07, 6.45) is 2.73. The van der Waals surface area contributed by atoms with Crippen LogP contribution in [0.5, 0.6) is 0 Å². The summed E-state index contributed by atoms with van der Waals surface area (Å²) >= 11 is 1.33. The summed E-state index contributed by atoms with van der Waals surface area (Å²) in [7, 11) is 0. The lowest BCUT2D eigenvalue weighted by molar-refractivity contribution is -0.119. The summed E-state index contributed by atoms with van der Waals surface area (Å²) in [6, 6.07) is 10.2. The van der Waals surface area contributed by atoms with Crippen LogP contribution in [0.4, 0.5) is 0 Å². The van der Waals surface area contributed by atoms with Crippen molar-refractivity contribution in [3.05, 3.63) is 57.5 Å². The Hall–Kier alpha value is -2.54. The van der Waals surface area contributed by atoms with Gasteiger partial charge in [0, 0.05) is 11.7 Å². The third-order valence-electron chi connectivity index (χ3n) is 5.62. The van der Waals surface area contributed by atoms with Crippen molar-refractivity contribution in [3.8, 4) is 0 Å². The fraction of sp³-hybridized carbons (Fsp3) is 0.409. The second-order valence-electron chi connectivity index (χ2n) is 7.69. The van der Waals surface area contributed by atoms with E-state index in [0.29, 0.717) is 16.2 Å². The molecule has 0 unspecified atom stereocenters. The van der Waals surface area contributed by atoms with E-state index in [1.807, 2.05) is 39.0 Å². The standard InChI is InChI=1S/C22H26N4O2S/c1-4-14(3)26-21(28)20-18(11-13(2)23-20)25-22(26)29-12-19(27)24-17-10-9-15-7-5-6-8-16(15)17/h5-8,11,14,17,23H,4,9-10,12H2,1-3H3,(H,24,27)/t14-,17-/m0/s1. The van der Waals surface area contributed by atoms with Gasteiger partial charge in [-0.1, -0.05) is 43.0 Å². The minimum atomic E-state index is -0.0786. The fourth-order valence-electron chi connectivity index (χ4n) is 3.94. The lowest BCUT2D eigenvalue weighted by Gasteiger charge is -2.18. The van der Waals surface area contributed by atoms with E-state index in [4.69, 9.17) is 0 Å². The van der Waals surface area contributed by atoms with Crippen LogP contribution in [0.2, 0.25) is 0 Å². The molecule has 0 saturated heterocycles. The topological polar surface area (TPSA) is 79.8 Å². The largest absolute Gasteiger partial charge is 0.353 e. The fourth-order valence-corrected chi connectivity index (χ4v) is 4.84. The predicted molar refractivity (Wildman–Crippen MR) is 116 cm³/mol. The van der Waals surface area contributed by atoms with Crippen molar-refractivity contribution < 1.29 is 4.79 Å². The van der Waals surface area contributed by atoms with Gasteiger partial charge in [0.25, 0.3) is 5.56 Å². The Morgan fingerprint density at radius 3 is 3.00 bits per heavy atom. The lowest BCUT2D eigenvalue weighted by Crippen LogP contribution is -2.30. The molecule has 2 N–H and O–H groups in total. The number of fused-ring (bicyclic) bond motifs is 2. The number of carbonyl (C=O) groups excluding carboxylic acids is 1. The van der Waals surface area contributed by atoms with Crippen molar-refractivity contribution in [3.63, 3.8) is 0 Å². The van der Waals surface area contributed by atoms with E-state index in [-0.39, 0.29) is 29.3 Å². The highest BCUT2D eigenvalue weighted by Crippen LogP contribution is 2.31. The Morgan fingerprint density at radius 2 is 2.21 bits per heavy atom. The van der Waals surface area contributed by atoms with Gasteiger partial charge in [-0.25, -0.2) is 4.98 Å². The van der Waals surface area contributed by atoms with Gasteiger partial charge in [0.15, 0.2) is 5.16 Å². The summed E-state index contributed by atoms with van der Waals surface area (Å²) in [5.74, 6) is 0.197. The average Bonchev–Trinajstić information content (AvgIpc) is 3.29. The Morgan fingerprint density at radius 1 is 1.41 bits per heavy atom. The highest BCUT2D eigenvalue weighted by Gasteiger charge is 2.24. The van der Waals surface area contributed by atoms with Crippen LogP contribution in [0, 0.1) is 6.92 Å². The lowest BCUT2D eigenvalue weighted by atomic mass is 10.1. The van der Waals surface area contributed by atoms with Crippen LogP contribution in [0.1, 0.15) is 55.6 Å². The molecule has 1 aliphatic rings. The quantitative estimate of drug-likeness (QED) is 0.477. The number of nitrogens with one attached hydrogen (secondary N) is 2. The molecule has 0 aliphatic heterocycles. The summed E-state index contributed by atoms with van der Waals surface area (Å²) in [6.45, 7) is 5.96. The van der Waals surface area contributed by atoms with E-state index < -0.39 is 0 Å². The molecule has 0 fully saturated rings. The number of hydrogen-bond donors (Lipinski definition) is 2. The van der Waals surface area contributed by atoms with E-state index in [1.54, 1.807) is 4.57 Å². The van der Waals surface area contributed by atoms with Crippen LogP contribution >= 0.6 is 11.8 Å². The molecule has 0 saturated carbocycles. The number of aryl methyl sites for hydroxylation is 2. The van der Waals surface area contributed by atoms with E-state index in [9.17, 15) is 9.59 Å². The van der Waals surface area contributed by atoms with Crippen LogP contribution in [-0.2, 0) is 11.2 Å². The monoisotopic (exact) mass is 410 g/mol. The molecule has 4 rings (SSSR count). The van der Waals surface area contributed by atoms with Crippen molar-refractivity contribution >= 4 is 28.7 Å². The number of H-pyrrole nitrogens is 1. The number of carbonyl (C=O) groups is 1. The summed E-state index contributed by atoms with van der Waals surface area (Å²) < 4.78 is 1.71. The number of amides is 1. The van der Waals surface area contributed by atoms with Crippen LogP contribution in [-0.4, -0.2) is 26.2 Å². The third-order valence-corrected chi connectivity index (χ3v) is 6.57. The van der Waals surface area contributed by atoms with E-state index in [0.717, 1.165) is 25.0 Å². The van der Waals surface area contributed by atoms with Gasteiger partial charge in [0.1, 0.15) is 5.52 Å². The molecule has 1 aliphatic carbocycles. The average molecular weight is 411 g/mol. The number of nitrogens with zero attached hydrogens (tertiary/aromatic N) is 2. The highest BCUT2D eigenvalue weighted by atomic mass is 32.2. The molecule has 2 heterocycles. The van der Waals surface area contributed by atoms with Crippen LogP contribution in [0.25, 0.3) is 11.0 Å². The van der Waals surface area contributed by atoms with E-state index in [1.165, 1.54) is 22.9 Å². The first kappa shape index (κ1) is 19.8. The van der Waals surface area contributed by atoms with Crippen molar-refractivity contribution in [1.29, 1.82) is 0 Å². The molecule has 2 atom stereocenters. The Balaban J connectivity index is 1.53. The molecular formula is C22H26N4O2S. The van der Waals surface area contributed by atoms with Gasteiger partial charge in [-0.3, -0.25) is 14.2 Å². The van der Waals surface area contributed by atoms with Crippen molar-refractivity contribution in [2.24, 2.45) is 0 Å². The molecule has 6 nitrogen and oxygen atoms in total. The molecule has 1 amide bonds. The molecule has 3 aromatic rings. The van der Waals surface area contributed by atoms with E-state index in [2.05, 4.69) is 27.4 Å². The smallest absolute Gasteiger partial charge is 0.278 e. The number of hydrogen-bond acceptors (Lipinski definition) is 4. The Bertz CT molecular complexity index is 1120. The molecule has 2 aromatic heterocycles. The SMILES string of the molecule is CC[C@H](C)n1c(SCC(=O)N[C@H]2CCc3ccccc32)nc2cc(C)[nH]c2c1=O. The number of benzene rings is 1. The summed E-state index contributed by atoms with van der Waals surface area (Å²) in [5, 5.41) is 3.74. The normalized spacial score (nSPS) is 16.7. The van der Waals surface area contributed by atoms with Gasteiger partial charge < -0.3 is 10.3 Å². The summed E-state index contributed by atoms with van der Waals surface area (Å²) in [5.41, 5.74) is 4.53. The molecule has 0 radical (unpaired) electrons. The van der Waals surface area contributed by atoms with Gasteiger partial charge in [-0.2, -0.15) is 0 Å². The highest BCUT2D eigenvalue weighted by molar-refractivity contribution is 7.99. The van der Waals surface area contributed by atoms with Crippen molar-refractivity contribution in [2.45, 2.75) is 57.3 Å². The number of thioether (sulfide) groups is 1. The minimum Gasteiger partial charge on any atom is -0.353 e. The Kier molecular flexibility index (Phi) is 5.50. The van der Waals surface area contributed by atoms with E-state index >= 15 is 0 Å². The molecule has 29 heavy (non-hydrogen) atoms. The van der Waals surface area contributed by atoms with Crippen molar-refractivity contribution in [1.82, 2.24) is 19.9 Å². The second-order valence-corrected chi connectivity index (χ2v) is 8.63. The number of aromatic amines is 1. The minimum absolute atomic E-state index is 0.00952. The number of rotatable bonds is 6. The predicted octanol–water partition coefficient (Wildman–Crippen LogP) is 3.90. The zero-order chi connectivity index (χ0) is 20.5. The molecular weight excluding hydrogens is 384 g/mol. The maximum absolute atomic E-state index is 13.0. The van der Waals surface area contributed by atoms with Crippen LogP contribution in [0.3, 0.4) is 0 Å². The van der Waals surface area contributed by atoms with Crippen LogP contribution in [0.15, 0.2) is 40.3 Å². The van der Waals surface area contributed by atoms with Crippen LogP contribution < -0.4 is 10.9 Å². The molecule has 7 heteroatoms. The molecule has 0 spiro atoms.